The van der Waals surface area contributed by atoms with Crippen LogP contribution in [0.2, 0.25) is 0 Å². The van der Waals surface area contributed by atoms with Crippen molar-refractivity contribution in [3.8, 4) is 0 Å². The molecule has 0 fully saturated rings. The van der Waals surface area contributed by atoms with Crippen LogP contribution in [-0.4, -0.2) is 31.7 Å². The lowest BCUT2D eigenvalue weighted by Gasteiger charge is -2.01. The summed E-state index contributed by atoms with van der Waals surface area (Å²) in [4.78, 5) is 31.8. The molecule has 0 saturated carbocycles. The van der Waals surface area contributed by atoms with Gasteiger partial charge >= 0.3 is 0 Å². The van der Waals surface area contributed by atoms with Crippen LogP contribution >= 0.6 is 0 Å². The van der Waals surface area contributed by atoms with Gasteiger partial charge in [-0.3, -0.25) is 29.7 Å². The third-order valence-electron chi connectivity index (χ3n) is 2.81. The van der Waals surface area contributed by atoms with E-state index in [2.05, 4.69) is 15.6 Å². The van der Waals surface area contributed by atoms with Crippen LogP contribution in [0.25, 0.3) is 0 Å². The highest BCUT2D eigenvalue weighted by Gasteiger charge is 2.19. The number of amides is 1. The maximum atomic E-state index is 11.9. The topological polar surface area (TPSA) is 146 Å². The number of aromatic nitrogens is 2. The van der Waals surface area contributed by atoms with Gasteiger partial charge in [0.05, 0.1) is 33.4 Å². The van der Waals surface area contributed by atoms with Crippen molar-refractivity contribution in [2.45, 2.75) is 0 Å². The first-order valence-corrected chi connectivity index (χ1v) is 6.14. The molecule has 23 heavy (non-hydrogen) atoms. The molecule has 0 aliphatic heterocycles. The van der Waals surface area contributed by atoms with Gasteiger partial charge < -0.3 is 0 Å². The van der Waals surface area contributed by atoms with Crippen LogP contribution in [0.1, 0.15) is 16.1 Å². The molecule has 11 heteroatoms. The summed E-state index contributed by atoms with van der Waals surface area (Å²) in [5.41, 5.74) is 1.39. The van der Waals surface area contributed by atoms with Gasteiger partial charge in [-0.1, -0.05) is 0 Å². The van der Waals surface area contributed by atoms with Crippen LogP contribution in [0.5, 0.6) is 0 Å². The Morgan fingerprint density at radius 2 is 1.87 bits per heavy atom. The third-order valence-corrected chi connectivity index (χ3v) is 2.81. The Balaban J connectivity index is 2.21. The number of nitro benzene ring substituents is 2. The van der Waals surface area contributed by atoms with Crippen molar-refractivity contribution in [3.63, 3.8) is 0 Å². The molecular formula is C12H10N6O5. The van der Waals surface area contributed by atoms with Crippen LogP contribution in [-0.2, 0) is 7.05 Å². The minimum Gasteiger partial charge on any atom is -0.267 e. The molecule has 0 aliphatic carbocycles. The molecule has 1 aromatic carbocycles. The Morgan fingerprint density at radius 3 is 2.35 bits per heavy atom. The second kappa shape index (κ2) is 6.43. The lowest BCUT2D eigenvalue weighted by Crippen LogP contribution is -2.18. The number of carbonyl (C=O) groups excluding carboxylic acids is 1. The fourth-order valence-corrected chi connectivity index (χ4v) is 1.67. The predicted octanol–water partition coefficient (Wildman–Crippen LogP) is 1.00. The number of benzene rings is 1. The molecule has 1 N–H and O–H groups in total. The lowest BCUT2D eigenvalue weighted by molar-refractivity contribution is -0.394. The Bertz CT molecular complexity index is 780. The van der Waals surface area contributed by atoms with Crippen molar-refractivity contribution in [3.05, 3.63) is 61.9 Å². The van der Waals surface area contributed by atoms with Crippen LogP contribution in [0.4, 0.5) is 11.4 Å². The van der Waals surface area contributed by atoms with E-state index in [0.29, 0.717) is 5.69 Å². The number of carbonyl (C=O) groups is 1. The molecule has 0 radical (unpaired) electrons. The van der Waals surface area contributed by atoms with Gasteiger partial charge in [-0.25, -0.2) is 5.43 Å². The largest absolute Gasteiger partial charge is 0.277 e. The van der Waals surface area contributed by atoms with E-state index >= 15 is 0 Å². The number of nitrogens with zero attached hydrogens (tertiary/aromatic N) is 5. The second-order valence-electron chi connectivity index (χ2n) is 4.33. The van der Waals surface area contributed by atoms with Gasteiger partial charge in [0.25, 0.3) is 17.3 Å². The van der Waals surface area contributed by atoms with E-state index in [0.717, 1.165) is 18.2 Å². The molecule has 0 aliphatic rings. The molecule has 2 rings (SSSR count). The molecule has 0 atom stereocenters. The average Bonchev–Trinajstić information content (AvgIpc) is 2.92. The van der Waals surface area contributed by atoms with Crippen molar-refractivity contribution >= 4 is 23.5 Å². The van der Waals surface area contributed by atoms with E-state index in [1.54, 1.807) is 13.1 Å². The highest BCUT2D eigenvalue weighted by atomic mass is 16.6. The zero-order valence-corrected chi connectivity index (χ0v) is 11.7. The van der Waals surface area contributed by atoms with Gasteiger partial charge in [-0.05, 0) is 6.07 Å². The summed E-state index contributed by atoms with van der Waals surface area (Å²) in [6.07, 6.45) is 2.85. The van der Waals surface area contributed by atoms with Crippen molar-refractivity contribution in [1.82, 2.24) is 15.2 Å². The lowest BCUT2D eigenvalue weighted by atomic mass is 10.1. The second-order valence-corrected chi connectivity index (χ2v) is 4.33. The highest BCUT2D eigenvalue weighted by molar-refractivity contribution is 5.96. The smallest absolute Gasteiger partial charge is 0.267 e. The fourth-order valence-electron chi connectivity index (χ4n) is 1.67. The van der Waals surface area contributed by atoms with E-state index in [1.165, 1.54) is 17.1 Å². The van der Waals surface area contributed by atoms with E-state index in [-0.39, 0.29) is 5.56 Å². The van der Waals surface area contributed by atoms with Crippen molar-refractivity contribution in [1.29, 1.82) is 0 Å². The molecule has 1 amide bonds. The quantitative estimate of drug-likeness (QED) is 0.494. The molecular weight excluding hydrogens is 308 g/mol. The summed E-state index contributed by atoms with van der Waals surface area (Å²) in [7, 11) is 1.67. The molecule has 11 nitrogen and oxygen atoms in total. The molecule has 0 bridgehead atoms. The summed E-state index contributed by atoms with van der Waals surface area (Å²) < 4.78 is 1.51. The van der Waals surface area contributed by atoms with Crippen LogP contribution in [0.15, 0.2) is 35.6 Å². The standard InChI is InChI=1S/C12H10N6O5/c1-16-9(2-3-14-16)7-13-15-12(19)8-4-10(17(20)21)6-11(5-8)18(22)23/h2-7H,1H3,(H,15,19)/b13-7-. The number of aryl methyl sites for hydroxylation is 1. The van der Waals surface area contributed by atoms with E-state index in [4.69, 9.17) is 0 Å². The molecule has 0 saturated heterocycles. The first-order chi connectivity index (χ1) is 10.9. The van der Waals surface area contributed by atoms with Crippen LogP contribution in [0.3, 0.4) is 0 Å². The molecule has 0 spiro atoms. The number of nitrogens with one attached hydrogen (secondary N) is 1. The van der Waals surface area contributed by atoms with E-state index in [9.17, 15) is 25.0 Å². The Kier molecular flexibility index (Phi) is 4.40. The molecule has 2 aromatic rings. The summed E-state index contributed by atoms with van der Waals surface area (Å²) in [6.45, 7) is 0. The van der Waals surface area contributed by atoms with Crippen LogP contribution in [0, 0.1) is 20.2 Å². The van der Waals surface area contributed by atoms with Gasteiger partial charge in [0, 0.05) is 25.4 Å². The highest BCUT2D eigenvalue weighted by Crippen LogP contribution is 2.22. The van der Waals surface area contributed by atoms with Crippen LogP contribution < -0.4 is 5.43 Å². The minimum absolute atomic E-state index is 0.243. The minimum atomic E-state index is -0.817. The number of hydrazone groups is 1. The SMILES string of the molecule is Cn1nccc1/C=N\NC(=O)c1cc([N+](=O)[O-])cc([N+](=O)[O-])c1. The van der Waals surface area contributed by atoms with Crippen molar-refractivity contribution in [2.75, 3.05) is 0 Å². The number of rotatable bonds is 5. The summed E-state index contributed by atoms with van der Waals surface area (Å²) >= 11 is 0. The Morgan fingerprint density at radius 1 is 1.26 bits per heavy atom. The Labute approximate surface area is 128 Å². The molecule has 1 aromatic heterocycles. The van der Waals surface area contributed by atoms with Gasteiger partial charge in [-0.2, -0.15) is 10.2 Å². The number of hydrogen-bond donors (Lipinski definition) is 1. The van der Waals surface area contributed by atoms with Gasteiger partial charge in [0.1, 0.15) is 0 Å². The van der Waals surface area contributed by atoms with Gasteiger partial charge in [-0.15, -0.1) is 0 Å². The number of non-ortho nitro benzene ring substituents is 2. The van der Waals surface area contributed by atoms with Crippen molar-refractivity contribution < 1.29 is 14.6 Å². The monoisotopic (exact) mass is 318 g/mol. The predicted molar refractivity (Wildman–Crippen MR) is 78.0 cm³/mol. The summed E-state index contributed by atoms with van der Waals surface area (Å²) in [5, 5.41) is 29.1. The molecule has 0 unspecified atom stereocenters. The summed E-state index contributed by atoms with van der Waals surface area (Å²) in [5.74, 6) is -0.810. The summed E-state index contributed by atoms with van der Waals surface area (Å²) in [6, 6.07) is 4.29. The number of hydrogen-bond acceptors (Lipinski definition) is 7. The fraction of sp³-hybridized carbons (Fsp3) is 0.0833. The zero-order valence-electron chi connectivity index (χ0n) is 11.7. The first kappa shape index (κ1) is 15.8. The normalized spacial score (nSPS) is 10.7. The van der Waals surface area contributed by atoms with Crippen molar-refractivity contribution in [2.24, 2.45) is 12.1 Å². The zero-order chi connectivity index (χ0) is 17.0. The maximum absolute atomic E-state index is 11.9. The average molecular weight is 318 g/mol. The van der Waals surface area contributed by atoms with Gasteiger partial charge in [0.2, 0.25) is 0 Å². The Hall–Kier alpha value is -3.63. The van der Waals surface area contributed by atoms with E-state index in [1.807, 2.05) is 0 Å². The molecule has 118 valence electrons. The van der Waals surface area contributed by atoms with E-state index < -0.39 is 27.1 Å². The number of nitro groups is 2. The molecule has 1 heterocycles. The first-order valence-electron chi connectivity index (χ1n) is 6.14. The maximum Gasteiger partial charge on any atom is 0.277 e. The third kappa shape index (κ3) is 3.72. The van der Waals surface area contributed by atoms with Gasteiger partial charge in [0.15, 0.2) is 0 Å².